The predicted octanol–water partition coefficient (Wildman–Crippen LogP) is 2.44. The van der Waals surface area contributed by atoms with Crippen molar-refractivity contribution in [2.45, 2.75) is 25.8 Å². The summed E-state index contributed by atoms with van der Waals surface area (Å²) in [7, 11) is 0. The number of carbonyl (C=O) groups is 2. The quantitative estimate of drug-likeness (QED) is 0.834. The van der Waals surface area contributed by atoms with Crippen molar-refractivity contribution in [2.75, 3.05) is 13.2 Å². The maximum Gasteiger partial charge on any atom is 0.326 e. The zero-order chi connectivity index (χ0) is 18.7. The maximum absolute atomic E-state index is 12.6. The van der Waals surface area contributed by atoms with Gasteiger partial charge in [-0.15, -0.1) is 0 Å². The van der Waals surface area contributed by atoms with Crippen LogP contribution < -0.4 is 5.32 Å². The highest BCUT2D eigenvalue weighted by atomic mass is 35.5. The van der Waals surface area contributed by atoms with E-state index < -0.39 is 17.9 Å². The number of carboxylic acids is 1. The summed E-state index contributed by atoms with van der Waals surface area (Å²) >= 11 is 5.90. The van der Waals surface area contributed by atoms with Gasteiger partial charge in [0.1, 0.15) is 6.04 Å². The van der Waals surface area contributed by atoms with E-state index in [1.165, 1.54) is 6.20 Å². The maximum atomic E-state index is 12.6. The molecule has 7 nitrogen and oxygen atoms in total. The highest BCUT2D eigenvalue weighted by Gasteiger charge is 2.32. The molecule has 1 aliphatic heterocycles. The second-order valence-electron chi connectivity index (χ2n) is 6.30. The minimum atomic E-state index is -1.06. The van der Waals surface area contributed by atoms with Gasteiger partial charge in [-0.3, -0.25) is 4.79 Å². The molecule has 8 heteroatoms. The van der Waals surface area contributed by atoms with Gasteiger partial charge in [0.25, 0.3) is 5.91 Å². The monoisotopic (exact) mass is 377 g/mol. The Morgan fingerprint density at radius 3 is 2.73 bits per heavy atom. The lowest BCUT2D eigenvalue weighted by molar-refractivity contribution is -0.142. The van der Waals surface area contributed by atoms with Gasteiger partial charge in [0.15, 0.2) is 0 Å². The normalized spacial score (nSPS) is 18.3. The molecule has 0 aliphatic carbocycles. The van der Waals surface area contributed by atoms with Crippen LogP contribution in [0.15, 0.2) is 30.5 Å². The number of aromatic nitrogens is 2. The summed E-state index contributed by atoms with van der Waals surface area (Å²) in [6, 6.07) is 6.08. The molecule has 0 bridgehead atoms. The molecule has 2 heterocycles. The van der Waals surface area contributed by atoms with E-state index in [-0.39, 0.29) is 5.92 Å². The van der Waals surface area contributed by atoms with E-state index in [2.05, 4.69) is 10.4 Å². The Morgan fingerprint density at radius 1 is 1.38 bits per heavy atom. The fourth-order valence-electron chi connectivity index (χ4n) is 3.10. The van der Waals surface area contributed by atoms with Crippen LogP contribution in [0.25, 0.3) is 5.69 Å². The number of halogens is 1. The highest BCUT2D eigenvalue weighted by molar-refractivity contribution is 6.30. The number of rotatable bonds is 5. The number of carboxylic acid groups (broad SMARTS) is 1. The van der Waals surface area contributed by atoms with Crippen molar-refractivity contribution in [1.82, 2.24) is 15.1 Å². The third-order valence-electron chi connectivity index (χ3n) is 4.55. The average Bonchev–Trinajstić information content (AvgIpc) is 3.02. The summed E-state index contributed by atoms with van der Waals surface area (Å²) < 4.78 is 6.97. The Labute approximate surface area is 155 Å². The van der Waals surface area contributed by atoms with Crippen molar-refractivity contribution in [3.05, 3.63) is 46.7 Å². The van der Waals surface area contributed by atoms with Gasteiger partial charge in [0.2, 0.25) is 0 Å². The van der Waals surface area contributed by atoms with Crippen molar-refractivity contribution in [2.24, 2.45) is 5.92 Å². The highest BCUT2D eigenvalue weighted by Crippen LogP contribution is 2.20. The van der Waals surface area contributed by atoms with Crippen LogP contribution in [0.1, 0.15) is 28.9 Å². The van der Waals surface area contributed by atoms with E-state index in [1.807, 2.05) is 0 Å². The van der Waals surface area contributed by atoms with Gasteiger partial charge in [0, 0.05) is 17.5 Å². The van der Waals surface area contributed by atoms with E-state index in [1.54, 1.807) is 35.9 Å². The van der Waals surface area contributed by atoms with Gasteiger partial charge < -0.3 is 15.2 Å². The first-order valence-electron chi connectivity index (χ1n) is 8.39. The number of carbonyl (C=O) groups excluding carboxylic acids is 1. The lowest BCUT2D eigenvalue weighted by Gasteiger charge is -2.28. The van der Waals surface area contributed by atoms with Crippen LogP contribution >= 0.6 is 11.6 Å². The molecule has 2 atom stereocenters. The smallest absolute Gasteiger partial charge is 0.326 e. The molecule has 0 spiro atoms. The molecule has 1 saturated heterocycles. The largest absolute Gasteiger partial charge is 0.480 e. The molecule has 2 aromatic rings. The molecule has 3 rings (SSSR count). The van der Waals surface area contributed by atoms with Gasteiger partial charge in [-0.05, 0) is 44.0 Å². The van der Waals surface area contributed by atoms with Crippen LogP contribution in [0.3, 0.4) is 0 Å². The Bertz CT molecular complexity index is 797. The third kappa shape index (κ3) is 3.89. The van der Waals surface area contributed by atoms with Crippen LogP contribution in [-0.2, 0) is 9.53 Å². The number of hydrogen-bond donors (Lipinski definition) is 2. The zero-order valence-electron chi connectivity index (χ0n) is 14.3. The molecule has 1 amide bonds. The summed E-state index contributed by atoms with van der Waals surface area (Å²) in [6.07, 6.45) is 2.94. The van der Waals surface area contributed by atoms with Crippen LogP contribution in [0.5, 0.6) is 0 Å². The van der Waals surface area contributed by atoms with Crippen molar-refractivity contribution in [3.8, 4) is 5.69 Å². The number of nitrogens with zero attached hydrogens (tertiary/aromatic N) is 2. The summed E-state index contributed by atoms with van der Waals surface area (Å²) in [4.78, 5) is 24.2. The van der Waals surface area contributed by atoms with E-state index >= 15 is 0 Å². The molecular formula is C18H20ClN3O4. The van der Waals surface area contributed by atoms with Gasteiger partial charge in [-0.25, -0.2) is 9.48 Å². The number of amides is 1. The van der Waals surface area contributed by atoms with Crippen molar-refractivity contribution in [3.63, 3.8) is 0 Å². The van der Waals surface area contributed by atoms with E-state index in [9.17, 15) is 14.7 Å². The first-order valence-corrected chi connectivity index (χ1v) is 8.77. The molecule has 2 N–H and O–H groups in total. The summed E-state index contributed by atoms with van der Waals surface area (Å²) in [6.45, 7) is 2.72. The Kier molecular flexibility index (Phi) is 5.58. The Morgan fingerprint density at radius 2 is 2.12 bits per heavy atom. The molecule has 1 aromatic heterocycles. The van der Waals surface area contributed by atoms with Crippen LogP contribution in [0.2, 0.25) is 5.02 Å². The minimum absolute atomic E-state index is 0.239. The van der Waals surface area contributed by atoms with Crippen LogP contribution in [0.4, 0.5) is 0 Å². The third-order valence-corrected chi connectivity index (χ3v) is 4.80. The molecule has 1 fully saturated rings. The number of aliphatic carboxylic acids is 1. The van der Waals surface area contributed by atoms with Gasteiger partial charge in [-0.1, -0.05) is 11.6 Å². The van der Waals surface area contributed by atoms with E-state index in [0.29, 0.717) is 35.9 Å². The molecule has 1 aliphatic rings. The molecule has 1 aromatic carbocycles. The lowest BCUT2D eigenvalue weighted by Crippen LogP contribution is -2.48. The second kappa shape index (κ2) is 7.88. The van der Waals surface area contributed by atoms with E-state index in [0.717, 1.165) is 12.1 Å². The van der Waals surface area contributed by atoms with Gasteiger partial charge >= 0.3 is 5.97 Å². The van der Waals surface area contributed by atoms with Gasteiger partial charge in [0.05, 0.1) is 29.7 Å². The number of nitrogens with one attached hydrogen (secondary N) is 1. The Balaban J connectivity index is 1.79. The number of benzene rings is 1. The molecule has 0 saturated carbocycles. The standard InChI is InChI=1S/C18H20ClN3O4/c1-11-15(9-20-22(11)14-6-4-13(19)5-7-14)17(23)21-16(18(24)25)12-3-2-8-26-10-12/h4-7,9,12,16H,2-3,8,10H2,1H3,(H,21,23)(H,24,25). The molecule has 2 unspecified atom stereocenters. The van der Waals surface area contributed by atoms with Crippen molar-refractivity contribution < 1.29 is 19.4 Å². The fourth-order valence-corrected chi connectivity index (χ4v) is 3.23. The molecular weight excluding hydrogens is 358 g/mol. The predicted molar refractivity (Wildman–Crippen MR) is 95.7 cm³/mol. The van der Waals surface area contributed by atoms with Crippen molar-refractivity contribution in [1.29, 1.82) is 0 Å². The molecule has 138 valence electrons. The zero-order valence-corrected chi connectivity index (χ0v) is 15.1. The topological polar surface area (TPSA) is 93.5 Å². The number of ether oxygens (including phenoxy) is 1. The van der Waals surface area contributed by atoms with Crippen LogP contribution in [0, 0.1) is 12.8 Å². The Hall–Kier alpha value is -2.38. The first kappa shape index (κ1) is 18.4. The summed E-state index contributed by atoms with van der Waals surface area (Å²) in [5.74, 6) is -1.76. The summed E-state index contributed by atoms with van der Waals surface area (Å²) in [5, 5.41) is 17.0. The molecule has 0 radical (unpaired) electrons. The first-order chi connectivity index (χ1) is 12.5. The van der Waals surface area contributed by atoms with Crippen LogP contribution in [-0.4, -0.2) is 46.0 Å². The average molecular weight is 378 g/mol. The van der Waals surface area contributed by atoms with Crippen molar-refractivity contribution >= 4 is 23.5 Å². The lowest BCUT2D eigenvalue weighted by atomic mass is 9.93. The van der Waals surface area contributed by atoms with E-state index in [4.69, 9.17) is 16.3 Å². The second-order valence-corrected chi connectivity index (χ2v) is 6.73. The van der Waals surface area contributed by atoms with Gasteiger partial charge in [-0.2, -0.15) is 5.10 Å². The fraction of sp³-hybridized carbons (Fsp3) is 0.389. The summed E-state index contributed by atoms with van der Waals surface area (Å²) in [5.41, 5.74) is 1.72. The molecule has 26 heavy (non-hydrogen) atoms. The minimum Gasteiger partial charge on any atom is -0.480 e. The SMILES string of the molecule is Cc1c(C(=O)NC(C(=O)O)C2CCCOC2)cnn1-c1ccc(Cl)cc1. The number of hydrogen-bond acceptors (Lipinski definition) is 4.